The summed E-state index contributed by atoms with van der Waals surface area (Å²) in [4.78, 5) is 3.81. The lowest BCUT2D eigenvalue weighted by Crippen LogP contribution is -2.10. The molecule has 0 aliphatic heterocycles. The molecule has 0 aliphatic carbocycles. The Labute approximate surface area is 108 Å². The van der Waals surface area contributed by atoms with Gasteiger partial charge >= 0.3 is 0 Å². The van der Waals surface area contributed by atoms with Crippen LogP contribution in [-0.4, -0.2) is 38.5 Å². The van der Waals surface area contributed by atoms with Crippen molar-refractivity contribution in [3.63, 3.8) is 0 Å². The van der Waals surface area contributed by atoms with Gasteiger partial charge in [-0.3, -0.25) is 0 Å². The molecule has 0 amide bonds. The minimum Gasteiger partial charge on any atom is -0.473 e. The smallest absolute Gasteiger partial charge is 0.250 e. The van der Waals surface area contributed by atoms with Crippen LogP contribution < -0.4 is 4.74 Å². The third-order valence-corrected chi connectivity index (χ3v) is 2.31. The SMILES string of the molecule is COCCCOCCOc1ncc(Br)cc1F. The Morgan fingerprint density at radius 2 is 2.12 bits per heavy atom. The molecule has 1 aromatic heterocycles. The summed E-state index contributed by atoms with van der Waals surface area (Å²) in [5.74, 6) is -0.493. The van der Waals surface area contributed by atoms with Gasteiger partial charge in [-0.2, -0.15) is 0 Å². The highest BCUT2D eigenvalue weighted by molar-refractivity contribution is 9.10. The van der Waals surface area contributed by atoms with Gasteiger partial charge in [0, 0.05) is 31.0 Å². The lowest BCUT2D eigenvalue weighted by molar-refractivity contribution is 0.0784. The predicted molar refractivity (Wildman–Crippen MR) is 64.7 cm³/mol. The van der Waals surface area contributed by atoms with Gasteiger partial charge in [0.1, 0.15) is 6.61 Å². The fourth-order valence-corrected chi connectivity index (χ4v) is 1.42. The molecule has 0 unspecified atom stereocenters. The van der Waals surface area contributed by atoms with Crippen LogP contribution in [0.1, 0.15) is 6.42 Å². The largest absolute Gasteiger partial charge is 0.473 e. The van der Waals surface area contributed by atoms with Crippen LogP contribution >= 0.6 is 15.9 Å². The van der Waals surface area contributed by atoms with Gasteiger partial charge in [-0.1, -0.05) is 0 Å². The topological polar surface area (TPSA) is 40.6 Å². The van der Waals surface area contributed by atoms with Crippen LogP contribution in [0.3, 0.4) is 0 Å². The molecule has 0 atom stereocenters. The summed E-state index contributed by atoms with van der Waals surface area (Å²) in [6, 6.07) is 1.31. The van der Waals surface area contributed by atoms with Crippen molar-refractivity contribution >= 4 is 15.9 Å². The maximum atomic E-state index is 13.3. The molecule has 17 heavy (non-hydrogen) atoms. The molecule has 4 nitrogen and oxygen atoms in total. The Kier molecular flexibility index (Phi) is 7.07. The van der Waals surface area contributed by atoms with Crippen molar-refractivity contribution in [1.29, 1.82) is 0 Å². The lowest BCUT2D eigenvalue weighted by atomic mass is 10.5. The summed E-state index contributed by atoms with van der Waals surface area (Å²) in [6.07, 6.45) is 2.32. The Morgan fingerprint density at radius 3 is 2.82 bits per heavy atom. The van der Waals surface area contributed by atoms with Gasteiger partial charge in [-0.25, -0.2) is 9.37 Å². The van der Waals surface area contributed by atoms with Crippen molar-refractivity contribution in [2.24, 2.45) is 0 Å². The fourth-order valence-electron chi connectivity index (χ4n) is 1.11. The number of nitrogens with zero attached hydrogens (tertiary/aromatic N) is 1. The van der Waals surface area contributed by atoms with Gasteiger partial charge in [0.25, 0.3) is 5.88 Å². The summed E-state index contributed by atoms with van der Waals surface area (Å²) < 4.78 is 29.1. The Balaban J connectivity index is 2.14. The van der Waals surface area contributed by atoms with E-state index >= 15 is 0 Å². The summed E-state index contributed by atoms with van der Waals surface area (Å²) in [5, 5.41) is 0. The van der Waals surface area contributed by atoms with Gasteiger partial charge < -0.3 is 14.2 Å². The number of pyridine rings is 1. The number of methoxy groups -OCH3 is 1. The lowest BCUT2D eigenvalue weighted by Gasteiger charge is -2.07. The molecule has 0 saturated heterocycles. The maximum Gasteiger partial charge on any atom is 0.250 e. The number of ether oxygens (including phenoxy) is 3. The molecule has 0 spiro atoms. The standard InChI is InChI=1S/C11H15BrFNO3/c1-15-3-2-4-16-5-6-17-11-10(13)7-9(12)8-14-11/h7-8H,2-6H2,1H3. The Bertz CT molecular complexity index is 338. The van der Waals surface area contributed by atoms with Gasteiger partial charge in [-0.15, -0.1) is 0 Å². The maximum absolute atomic E-state index is 13.3. The number of hydrogen-bond donors (Lipinski definition) is 0. The highest BCUT2D eigenvalue weighted by atomic mass is 79.9. The summed E-state index contributed by atoms with van der Waals surface area (Å²) >= 11 is 3.12. The van der Waals surface area contributed by atoms with Crippen LogP contribution in [0.15, 0.2) is 16.7 Å². The summed E-state index contributed by atoms with van der Waals surface area (Å²) in [6.45, 7) is 1.95. The van der Waals surface area contributed by atoms with Crippen LogP contribution in [0.4, 0.5) is 4.39 Å². The first kappa shape index (κ1) is 14.3. The van der Waals surface area contributed by atoms with Crippen molar-refractivity contribution < 1.29 is 18.6 Å². The van der Waals surface area contributed by atoms with Crippen LogP contribution in [0.5, 0.6) is 5.88 Å². The van der Waals surface area contributed by atoms with Gasteiger partial charge in [0.2, 0.25) is 0 Å². The number of rotatable bonds is 8. The average molecular weight is 308 g/mol. The van der Waals surface area contributed by atoms with E-state index in [0.717, 1.165) is 6.42 Å². The number of aromatic nitrogens is 1. The van der Waals surface area contributed by atoms with Crippen LogP contribution in [0, 0.1) is 5.82 Å². The molecule has 0 aromatic carbocycles. The van der Waals surface area contributed by atoms with Crippen molar-refractivity contribution in [2.75, 3.05) is 33.5 Å². The zero-order valence-electron chi connectivity index (χ0n) is 9.62. The predicted octanol–water partition coefficient (Wildman–Crippen LogP) is 2.42. The molecule has 0 saturated carbocycles. The minimum atomic E-state index is -0.487. The third kappa shape index (κ3) is 5.95. The van der Waals surface area contributed by atoms with E-state index in [1.165, 1.54) is 12.3 Å². The molecule has 0 N–H and O–H groups in total. The Hall–Kier alpha value is -0.720. The summed E-state index contributed by atoms with van der Waals surface area (Å²) in [7, 11) is 1.64. The number of hydrogen-bond acceptors (Lipinski definition) is 4. The average Bonchev–Trinajstić information content (AvgIpc) is 2.30. The first-order valence-electron chi connectivity index (χ1n) is 5.24. The van der Waals surface area contributed by atoms with Crippen molar-refractivity contribution in [2.45, 2.75) is 6.42 Å². The second-order valence-corrected chi connectivity index (χ2v) is 4.16. The van der Waals surface area contributed by atoms with E-state index in [1.54, 1.807) is 7.11 Å². The van der Waals surface area contributed by atoms with Crippen LogP contribution in [0.25, 0.3) is 0 Å². The zero-order valence-corrected chi connectivity index (χ0v) is 11.2. The molecular formula is C11H15BrFNO3. The molecule has 1 rings (SSSR count). The monoisotopic (exact) mass is 307 g/mol. The highest BCUT2D eigenvalue weighted by Gasteiger charge is 2.05. The van der Waals surface area contributed by atoms with Gasteiger partial charge in [0.05, 0.1) is 6.61 Å². The van der Waals surface area contributed by atoms with E-state index < -0.39 is 5.82 Å². The fraction of sp³-hybridized carbons (Fsp3) is 0.545. The van der Waals surface area contributed by atoms with Crippen molar-refractivity contribution in [3.05, 3.63) is 22.6 Å². The molecule has 0 aliphatic rings. The highest BCUT2D eigenvalue weighted by Crippen LogP contribution is 2.17. The molecule has 1 aromatic rings. The third-order valence-electron chi connectivity index (χ3n) is 1.88. The Morgan fingerprint density at radius 1 is 1.29 bits per heavy atom. The molecule has 0 radical (unpaired) electrons. The molecule has 1 heterocycles. The molecular weight excluding hydrogens is 293 g/mol. The molecule has 96 valence electrons. The quantitative estimate of drug-likeness (QED) is 0.692. The van der Waals surface area contributed by atoms with E-state index in [-0.39, 0.29) is 12.5 Å². The van der Waals surface area contributed by atoms with Crippen molar-refractivity contribution in [1.82, 2.24) is 4.98 Å². The molecule has 6 heteroatoms. The second-order valence-electron chi connectivity index (χ2n) is 3.25. The van der Waals surface area contributed by atoms with Crippen LogP contribution in [-0.2, 0) is 9.47 Å². The normalized spacial score (nSPS) is 10.5. The first-order chi connectivity index (χ1) is 8.24. The van der Waals surface area contributed by atoms with E-state index in [1.807, 2.05) is 0 Å². The number of halogens is 2. The summed E-state index contributed by atoms with van der Waals surface area (Å²) in [5.41, 5.74) is 0. The van der Waals surface area contributed by atoms with Crippen molar-refractivity contribution in [3.8, 4) is 5.88 Å². The molecule has 0 fully saturated rings. The first-order valence-corrected chi connectivity index (χ1v) is 6.04. The van der Waals surface area contributed by atoms with Gasteiger partial charge in [0.15, 0.2) is 5.82 Å². The van der Waals surface area contributed by atoms with E-state index in [9.17, 15) is 4.39 Å². The minimum absolute atomic E-state index is 0.00584. The zero-order chi connectivity index (χ0) is 12.5. The van der Waals surface area contributed by atoms with E-state index in [4.69, 9.17) is 14.2 Å². The van der Waals surface area contributed by atoms with Gasteiger partial charge in [-0.05, 0) is 28.4 Å². The molecule has 0 bridgehead atoms. The second kappa shape index (κ2) is 8.38. The van der Waals surface area contributed by atoms with E-state index in [0.29, 0.717) is 24.3 Å². The van der Waals surface area contributed by atoms with E-state index in [2.05, 4.69) is 20.9 Å². The van der Waals surface area contributed by atoms with Crippen LogP contribution in [0.2, 0.25) is 0 Å².